The van der Waals surface area contributed by atoms with Crippen LogP contribution in [0.3, 0.4) is 0 Å². The fourth-order valence-electron chi connectivity index (χ4n) is 3.58. The summed E-state index contributed by atoms with van der Waals surface area (Å²) < 4.78 is 37.6. The summed E-state index contributed by atoms with van der Waals surface area (Å²) >= 11 is 0. The van der Waals surface area contributed by atoms with Gasteiger partial charge in [0.25, 0.3) is 16.0 Å². The molecule has 0 saturated heterocycles. The summed E-state index contributed by atoms with van der Waals surface area (Å²) in [5.41, 5.74) is 0.932. The first-order valence-corrected chi connectivity index (χ1v) is 13.8. The molecule has 1 aromatic carbocycles. The smallest absolute Gasteiger partial charge is 0.300 e. The summed E-state index contributed by atoms with van der Waals surface area (Å²) in [6.45, 7) is 4.61. The second-order valence-corrected chi connectivity index (χ2v) is 10.3. The highest BCUT2D eigenvalue weighted by molar-refractivity contribution is 7.90. The fraction of sp³-hybridized carbons (Fsp3) is 0.577. The Morgan fingerprint density at radius 2 is 1.36 bits per heavy atom. The number of hydrogen-bond donors (Lipinski definition) is 1. The van der Waals surface area contributed by atoms with Crippen molar-refractivity contribution < 1.29 is 22.4 Å². The summed E-state index contributed by atoms with van der Waals surface area (Å²) in [5, 5.41) is 0. The minimum absolute atomic E-state index is 0.0245. The highest BCUT2D eigenvalue weighted by Gasteiger charge is 2.21. The molecule has 0 saturated carbocycles. The first-order chi connectivity index (χ1) is 15.9. The number of hydrogen-bond acceptors (Lipinski definition) is 5. The van der Waals surface area contributed by atoms with E-state index < -0.39 is 15.9 Å². The number of furan rings is 1. The van der Waals surface area contributed by atoms with E-state index in [4.69, 9.17) is 9.15 Å². The summed E-state index contributed by atoms with van der Waals surface area (Å²) in [7, 11) is -3.96. The molecule has 2 aromatic rings. The number of aryl methyl sites for hydroxylation is 1. The van der Waals surface area contributed by atoms with Crippen molar-refractivity contribution in [2.24, 2.45) is 0 Å². The molecule has 184 valence electrons. The van der Waals surface area contributed by atoms with Gasteiger partial charge in [0.2, 0.25) is 0 Å². The zero-order chi connectivity index (χ0) is 23.9. The van der Waals surface area contributed by atoms with Gasteiger partial charge in [-0.05, 0) is 31.5 Å². The third kappa shape index (κ3) is 10.5. The highest BCUT2D eigenvalue weighted by Crippen LogP contribution is 2.18. The van der Waals surface area contributed by atoms with Crippen LogP contribution in [0.25, 0.3) is 0 Å². The Bertz CT molecular complexity index is 918. The molecule has 2 rings (SSSR count). The first-order valence-electron chi connectivity index (χ1n) is 12.3. The second-order valence-electron chi connectivity index (χ2n) is 8.60. The van der Waals surface area contributed by atoms with Crippen molar-refractivity contribution in [1.82, 2.24) is 4.72 Å². The Labute approximate surface area is 199 Å². The Hall–Kier alpha value is -2.28. The molecule has 1 heterocycles. The zero-order valence-electron chi connectivity index (χ0n) is 20.1. The van der Waals surface area contributed by atoms with Gasteiger partial charge in [-0.2, -0.15) is 0 Å². The Morgan fingerprint density at radius 1 is 0.818 bits per heavy atom. The molecular formula is C26H39NO5S. The summed E-state index contributed by atoms with van der Waals surface area (Å²) in [4.78, 5) is 12.3. The van der Waals surface area contributed by atoms with Gasteiger partial charge in [-0.1, -0.05) is 95.2 Å². The lowest BCUT2D eigenvalue weighted by molar-refractivity contribution is 0.0945. The predicted molar refractivity (Wildman–Crippen MR) is 131 cm³/mol. The molecule has 1 amide bonds. The largest absolute Gasteiger partial charge is 0.465 e. The topological polar surface area (TPSA) is 85.6 Å². The van der Waals surface area contributed by atoms with Crippen molar-refractivity contribution >= 4 is 15.9 Å². The molecule has 0 bridgehead atoms. The molecule has 0 spiro atoms. The monoisotopic (exact) mass is 477 g/mol. The van der Waals surface area contributed by atoms with E-state index in [9.17, 15) is 13.2 Å². The maximum atomic E-state index is 12.3. The van der Waals surface area contributed by atoms with E-state index in [-0.39, 0.29) is 16.6 Å². The molecule has 6 nitrogen and oxygen atoms in total. The van der Waals surface area contributed by atoms with Gasteiger partial charge in [0, 0.05) is 6.07 Å². The van der Waals surface area contributed by atoms with E-state index in [2.05, 4.69) is 6.92 Å². The van der Waals surface area contributed by atoms with Crippen molar-refractivity contribution in [2.45, 2.75) is 95.8 Å². The minimum atomic E-state index is -3.96. The predicted octanol–water partition coefficient (Wildman–Crippen LogP) is 6.79. The van der Waals surface area contributed by atoms with Gasteiger partial charge in [0.15, 0.2) is 5.76 Å². The molecule has 7 heteroatoms. The van der Waals surface area contributed by atoms with Crippen LogP contribution in [0.1, 0.15) is 100 Å². The van der Waals surface area contributed by atoms with E-state index in [0.717, 1.165) is 18.4 Å². The average molecular weight is 478 g/mol. The number of carbonyl (C=O) groups is 1. The van der Waals surface area contributed by atoms with E-state index >= 15 is 0 Å². The quantitative estimate of drug-likeness (QED) is 0.254. The van der Waals surface area contributed by atoms with Crippen LogP contribution in [-0.2, 0) is 10.0 Å². The third-order valence-corrected chi connectivity index (χ3v) is 6.95. The molecular weight excluding hydrogens is 438 g/mol. The number of nitrogens with one attached hydrogen (secondary N) is 1. The van der Waals surface area contributed by atoms with Crippen LogP contribution in [0, 0.1) is 6.92 Å². The van der Waals surface area contributed by atoms with E-state index in [1.165, 1.54) is 88.5 Å². The minimum Gasteiger partial charge on any atom is -0.465 e. The Morgan fingerprint density at radius 3 is 1.94 bits per heavy atom. The molecule has 0 aliphatic carbocycles. The van der Waals surface area contributed by atoms with Crippen LogP contribution in [0.2, 0.25) is 0 Å². The fourth-order valence-corrected chi connectivity index (χ4v) is 4.54. The van der Waals surface area contributed by atoms with Gasteiger partial charge in [0.05, 0.1) is 11.5 Å². The molecule has 0 aliphatic heterocycles. The molecule has 1 N–H and O–H groups in total. The SMILES string of the molecule is CCCCCCCCCCCCCCOc1ccc(C(=O)NS(=O)(=O)c2ccc(C)cc2)o1. The van der Waals surface area contributed by atoms with Crippen LogP contribution in [0.5, 0.6) is 5.95 Å². The van der Waals surface area contributed by atoms with Gasteiger partial charge in [-0.3, -0.25) is 4.79 Å². The second kappa shape index (κ2) is 14.8. The van der Waals surface area contributed by atoms with Gasteiger partial charge in [-0.25, -0.2) is 13.1 Å². The molecule has 1 aromatic heterocycles. The van der Waals surface area contributed by atoms with Gasteiger partial charge in [-0.15, -0.1) is 0 Å². The molecule has 0 radical (unpaired) electrons. The van der Waals surface area contributed by atoms with Crippen molar-refractivity contribution in [3.63, 3.8) is 0 Å². The number of unbranched alkanes of at least 4 members (excludes halogenated alkanes) is 11. The van der Waals surface area contributed by atoms with Crippen LogP contribution in [0.15, 0.2) is 45.7 Å². The molecule has 0 fully saturated rings. The number of ether oxygens (including phenoxy) is 1. The molecule has 0 aliphatic rings. The normalized spacial score (nSPS) is 11.5. The zero-order valence-corrected chi connectivity index (χ0v) is 20.9. The van der Waals surface area contributed by atoms with Gasteiger partial charge < -0.3 is 9.15 Å². The summed E-state index contributed by atoms with van der Waals surface area (Å²) in [6, 6.07) is 9.21. The number of sulfonamides is 1. The van der Waals surface area contributed by atoms with Crippen LogP contribution in [-0.4, -0.2) is 20.9 Å². The number of benzene rings is 1. The molecule has 0 atom stereocenters. The molecule has 0 unspecified atom stereocenters. The highest BCUT2D eigenvalue weighted by atomic mass is 32.2. The van der Waals surface area contributed by atoms with Crippen LogP contribution in [0.4, 0.5) is 0 Å². The van der Waals surface area contributed by atoms with Crippen molar-refractivity contribution in [3.05, 3.63) is 47.7 Å². The van der Waals surface area contributed by atoms with Gasteiger partial charge >= 0.3 is 5.91 Å². The average Bonchev–Trinajstić information content (AvgIpc) is 3.26. The Kier molecular flexibility index (Phi) is 12.1. The third-order valence-electron chi connectivity index (χ3n) is 5.61. The lowest BCUT2D eigenvalue weighted by Gasteiger charge is -2.06. The van der Waals surface area contributed by atoms with E-state index in [1.807, 2.05) is 11.6 Å². The maximum Gasteiger partial charge on any atom is 0.300 e. The summed E-state index contributed by atoms with van der Waals surface area (Å²) in [5.74, 6) is -0.706. The van der Waals surface area contributed by atoms with E-state index in [1.54, 1.807) is 12.1 Å². The number of amides is 1. The maximum absolute atomic E-state index is 12.3. The Balaban J connectivity index is 1.58. The lowest BCUT2D eigenvalue weighted by atomic mass is 10.1. The first kappa shape index (κ1) is 27.0. The number of rotatable bonds is 17. The van der Waals surface area contributed by atoms with Crippen molar-refractivity contribution in [1.29, 1.82) is 0 Å². The van der Waals surface area contributed by atoms with Crippen LogP contribution >= 0.6 is 0 Å². The molecule has 33 heavy (non-hydrogen) atoms. The lowest BCUT2D eigenvalue weighted by Crippen LogP contribution is -2.30. The van der Waals surface area contributed by atoms with Crippen molar-refractivity contribution in [2.75, 3.05) is 6.61 Å². The number of carbonyl (C=O) groups excluding carboxylic acids is 1. The van der Waals surface area contributed by atoms with E-state index in [0.29, 0.717) is 6.61 Å². The van der Waals surface area contributed by atoms with Gasteiger partial charge in [0.1, 0.15) is 0 Å². The van der Waals surface area contributed by atoms with Crippen LogP contribution < -0.4 is 9.46 Å². The summed E-state index contributed by atoms with van der Waals surface area (Å²) in [6.07, 6.45) is 15.3. The standard InChI is InChI=1S/C26H39NO5S/c1-3-4-5-6-7-8-9-10-11-12-13-14-21-31-25-20-19-24(32-25)26(28)27-33(29,30)23-17-15-22(2)16-18-23/h15-20H,3-14,21H2,1-2H3,(H,27,28). The van der Waals surface area contributed by atoms with Crippen molar-refractivity contribution in [3.8, 4) is 5.95 Å².